The van der Waals surface area contributed by atoms with Crippen LogP contribution in [0.4, 0.5) is 4.39 Å². The fourth-order valence-electron chi connectivity index (χ4n) is 4.73. The van der Waals surface area contributed by atoms with Gasteiger partial charge < -0.3 is 28.5 Å². The predicted molar refractivity (Wildman–Crippen MR) is 128 cm³/mol. The van der Waals surface area contributed by atoms with Gasteiger partial charge in [-0.05, 0) is 19.1 Å². The van der Waals surface area contributed by atoms with E-state index in [9.17, 15) is 14.3 Å². The highest BCUT2D eigenvalue weighted by atomic mass is 19.1. The van der Waals surface area contributed by atoms with Gasteiger partial charge in [0, 0.05) is 11.1 Å². The number of fused-ring (bicyclic) bond motifs is 1. The molecule has 2 aromatic heterocycles. The average Bonchev–Trinajstić information content (AvgIpc) is 3.64. The molecule has 2 saturated heterocycles. The standard InChI is InChI=1S/C26H24FN5O7/c1-2-35-25(34)24-30-29-23(39-24)22-20(33)19(32-12-17(28-31-32)15-9-6-10-16(27)11-15)21-18(37-22)13-36-26(38-21)14-7-4-3-5-8-14/h3-12,18-22,26,33H,2,13H2,1H3/t18-,19-,20-,21+,22-,26+/m1/s1. The molecule has 0 bridgehead atoms. The minimum Gasteiger partial charge on any atom is -0.459 e. The third-order valence-corrected chi connectivity index (χ3v) is 6.52. The number of carbonyl (C=O) groups excluding carboxylic acids is 1. The molecular weight excluding hydrogens is 513 g/mol. The van der Waals surface area contributed by atoms with Crippen molar-refractivity contribution in [2.24, 2.45) is 0 Å². The predicted octanol–water partition coefficient (Wildman–Crippen LogP) is 2.80. The molecule has 0 amide bonds. The second-order valence-corrected chi connectivity index (χ2v) is 9.01. The molecule has 2 fully saturated rings. The van der Waals surface area contributed by atoms with Crippen LogP contribution in [0.2, 0.25) is 0 Å². The van der Waals surface area contributed by atoms with Crippen molar-refractivity contribution in [3.05, 3.63) is 84.0 Å². The van der Waals surface area contributed by atoms with Gasteiger partial charge in [0.05, 0.1) is 19.4 Å². The van der Waals surface area contributed by atoms with Crippen LogP contribution in [0.3, 0.4) is 0 Å². The van der Waals surface area contributed by atoms with E-state index in [4.69, 9.17) is 23.4 Å². The van der Waals surface area contributed by atoms with Crippen LogP contribution < -0.4 is 0 Å². The molecule has 202 valence electrons. The third kappa shape index (κ3) is 4.92. The fourth-order valence-corrected chi connectivity index (χ4v) is 4.73. The first-order valence-electron chi connectivity index (χ1n) is 12.4. The van der Waals surface area contributed by atoms with Gasteiger partial charge in [-0.2, -0.15) is 0 Å². The molecule has 2 aliphatic heterocycles. The number of aromatic nitrogens is 5. The van der Waals surface area contributed by atoms with Crippen molar-refractivity contribution in [1.82, 2.24) is 25.2 Å². The molecule has 0 aliphatic carbocycles. The van der Waals surface area contributed by atoms with Crippen molar-refractivity contribution in [3.63, 3.8) is 0 Å². The first-order chi connectivity index (χ1) is 19.0. The second-order valence-electron chi connectivity index (χ2n) is 9.01. The SMILES string of the molecule is CCOC(=O)c1nnc([C@@H]2O[C@@H]3CO[C@H](c4ccccc4)O[C@@H]3[C@H](n3cc(-c4cccc(F)c4)nn3)[C@H]2O)o1. The Balaban J connectivity index is 1.34. The van der Waals surface area contributed by atoms with Gasteiger partial charge >= 0.3 is 11.9 Å². The zero-order valence-corrected chi connectivity index (χ0v) is 20.7. The number of halogens is 1. The van der Waals surface area contributed by atoms with Gasteiger partial charge in [-0.15, -0.1) is 15.3 Å². The van der Waals surface area contributed by atoms with E-state index in [-0.39, 0.29) is 25.0 Å². The molecule has 13 heteroatoms. The van der Waals surface area contributed by atoms with E-state index in [2.05, 4.69) is 20.5 Å². The molecule has 6 rings (SSSR count). The fraction of sp³-hybridized carbons (Fsp3) is 0.346. The van der Waals surface area contributed by atoms with Crippen LogP contribution in [-0.4, -0.2) is 67.8 Å². The van der Waals surface area contributed by atoms with E-state index in [0.29, 0.717) is 11.3 Å². The number of hydrogen-bond acceptors (Lipinski definition) is 11. The van der Waals surface area contributed by atoms with Crippen molar-refractivity contribution in [3.8, 4) is 11.3 Å². The van der Waals surface area contributed by atoms with Gasteiger partial charge in [0.1, 0.15) is 35.9 Å². The van der Waals surface area contributed by atoms with E-state index < -0.39 is 48.5 Å². The number of ether oxygens (including phenoxy) is 4. The lowest BCUT2D eigenvalue weighted by molar-refractivity contribution is -0.320. The Morgan fingerprint density at radius 3 is 2.77 bits per heavy atom. The Morgan fingerprint density at radius 2 is 1.97 bits per heavy atom. The summed E-state index contributed by atoms with van der Waals surface area (Å²) in [6, 6.07) is 14.5. The number of aliphatic hydroxyl groups is 1. The van der Waals surface area contributed by atoms with E-state index in [1.54, 1.807) is 25.3 Å². The lowest BCUT2D eigenvalue weighted by Crippen LogP contribution is -2.56. The zero-order valence-electron chi connectivity index (χ0n) is 20.7. The summed E-state index contributed by atoms with van der Waals surface area (Å²) in [5.41, 5.74) is 1.71. The summed E-state index contributed by atoms with van der Waals surface area (Å²) >= 11 is 0. The van der Waals surface area contributed by atoms with Gasteiger partial charge in [0.25, 0.3) is 0 Å². The number of esters is 1. The maximum Gasteiger partial charge on any atom is 0.396 e. The molecule has 0 saturated carbocycles. The summed E-state index contributed by atoms with van der Waals surface area (Å²) in [7, 11) is 0. The number of hydrogen-bond donors (Lipinski definition) is 1. The summed E-state index contributed by atoms with van der Waals surface area (Å²) < 4.78 is 44.1. The van der Waals surface area contributed by atoms with Crippen molar-refractivity contribution in [2.45, 2.75) is 43.7 Å². The lowest BCUT2D eigenvalue weighted by atomic mass is 9.91. The number of benzene rings is 2. The van der Waals surface area contributed by atoms with Gasteiger partial charge in [-0.25, -0.2) is 13.9 Å². The Kier molecular flexibility index (Phi) is 6.87. The molecule has 4 heterocycles. The number of rotatable bonds is 6. The van der Waals surface area contributed by atoms with E-state index >= 15 is 0 Å². The molecule has 6 atom stereocenters. The monoisotopic (exact) mass is 537 g/mol. The summed E-state index contributed by atoms with van der Waals surface area (Å²) in [5, 5.41) is 27.6. The van der Waals surface area contributed by atoms with Crippen LogP contribution in [0.25, 0.3) is 11.3 Å². The Morgan fingerprint density at radius 1 is 1.13 bits per heavy atom. The van der Waals surface area contributed by atoms with Crippen LogP contribution in [-0.2, 0) is 18.9 Å². The highest BCUT2D eigenvalue weighted by Crippen LogP contribution is 2.43. The highest BCUT2D eigenvalue weighted by Gasteiger charge is 2.52. The number of aliphatic hydroxyl groups excluding tert-OH is 1. The third-order valence-electron chi connectivity index (χ3n) is 6.52. The van der Waals surface area contributed by atoms with Crippen molar-refractivity contribution in [1.29, 1.82) is 0 Å². The van der Waals surface area contributed by atoms with E-state index in [0.717, 1.165) is 5.56 Å². The maximum absolute atomic E-state index is 13.8. The van der Waals surface area contributed by atoms with E-state index in [1.807, 2.05) is 30.3 Å². The molecule has 2 aromatic carbocycles. The quantitative estimate of drug-likeness (QED) is 0.363. The second kappa shape index (κ2) is 10.6. The summed E-state index contributed by atoms with van der Waals surface area (Å²) in [5.74, 6) is -1.69. The largest absolute Gasteiger partial charge is 0.459 e. The first kappa shape index (κ1) is 25.2. The van der Waals surface area contributed by atoms with Crippen molar-refractivity contribution >= 4 is 5.97 Å². The molecule has 39 heavy (non-hydrogen) atoms. The summed E-state index contributed by atoms with van der Waals surface area (Å²) in [4.78, 5) is 12.1. The van der Waals surface area contributed by atoms with Crippen LogP contribution >= 0.6 is 0 Å². The van der Waals surface area contributed by atoms with Crippen LogP contribution in [0.1, 0.15) is 47.5 Å². The Labute approximate surface area is 221 Å². The molecule has 1 N–H and O–H groups in total. The average molecular weight is 538 g/mol. The molecule has 0 radical (unpaired) electrons. The minimum atomic E-state index is -1.32. The minimum absolute atomic E-state index is 0.119. The smallest absolute Gasteiger partial charge is 0.396 e. The molecule has 0 unspecified atom stereocenters. The molecular formula is C26H24FN5O7. The van der Waals surface area contributed by atoms with Gasteiger partial charge in [-0.3, -0.25) is 0 Å². The topological polar surface area (TPSA) is 144 Å². The van der Waals surface area contributed by atoms with Crippen molar-refractivity contribution in [2.75, 3.05) is 13.2 Å². The van der Waals surface area contributed by atoms with Crippen molar-refractivity contribution < 1.29 is 37.7 Å². The zero-order chi connectivity index (χ0) is 26.9. The van der Waals surface area contributed by atoms with Gasteiger partial charge in [0.15, 0.2) is 12.4 Å². The van der Waals surface area contributed by atoms with Gasteiger partial charge in [-0.1, -0.05) is 47.7 Å². The Hall–Kier alpha value is -4.04. The molecule has 0 spiro atoms. The van der Waals surface area contributed by atoms with E-state index in [1.165, 1.54) is 16.8 Å². The molecule has 12 nitrogen and oxygen atoms in total. The van der Waals surface area contributed by atoms with Crippen LogP contribution in [0.5, 0.6) is 0 Å². The number of nitrogens with zero attached hydrogens (tertiary/aromatic N) is 5. The molecule has 4 aromatic rings. The molecule has 2 aliphatic rings. The Bertz CT molecular complexity index is 1450. The van der Waals surface area contributed by atoms with Crippen LogP contribution in [0.15, 0.2) is 65.2 Å². The first-order valence-corrected chi connectivity index (χ1v) is 12.4. The maximum atomic E-state index is 13.8. The summed E-state index contributed by atoms with van der Waals surface area (Å²) in [6.45, 7) is 1.90. The highest BCUT2D eigenvalue weighted by molar-refractivity contribution is 5.83. The normalized spacial score (nSPS) is 26.6. The van der Waals surface area contributed by atoms with Gasteiger partial charge in [0.2, 0.25) is 5.89 Å². The number of carbonyl (C=O) groups is 1. The lowest BCUT2D eigenvalue weighted by Gasteiger charge is -2.47. The van der Waals surface area contributed by atoms with Crippen LogP contribution in [0, 0.1) is 5.82 Å². The summed E-state index contributed by atoms with van der Waals surface area (Å²) in [6.07, 6.45) is -3.00.